The quantitative estimate of drug-likeness (QED) is 0.578. The average Bonchev–Trinajstić information content (AvgIpc) is 2.47. The fourth-order valence-electron chi connectivity index (χ4n) is 1.33. The van der Waals surface area contributed by atoms with E-state index in [-0.39, 0.29) is 12.3 Å². The van der Waals surface area contributed by atoms with Crippen LogP contribution < -0.4 is 0 Å². The highest BCUT2D eigenvalue weighted by molar-refractivity contribution is 5.79. The topological polar surface area (TPSA) is 44.8 Å². The van der Waals surface area contributed by atoms with E-state index in [9.17, 15) is 4.79 Å². The van der Waals surface area contributed by atoms with Crippen molar-refractivity contribution in [2.75, 3.05) is 14.2 Å². The van der Waals surface area contributed by atoms with Crippen LogP contribution in [0.15, 0.2) is 0 Å². The Morgan fingerprint density at radius 3 is 2.67 bits per heavy atom. The second-order valence-electron chi connectivity index (χ2n) is 3.04. The number of rotatable bonds is 2. The van der Waals surface area contributed by atoms with Gasteiger partial charge in [-0.25, -0.2) is 4.79 Å². The molecule has 2 atom stereocenters. The maximum absolute atomic E-state index is 11.2. The summed E-state index contributed by atoms with van der Waals surface area (Å²) in [5, 5.41) is 0. The number of esters is 1. The van der Waals surface area contributed by atoms with E-state index in [4.69, 9.17) is 9.47 Å². The highest BCUT2D eigenvalue weighted by atomic mass is 16.7. The third kappa shape index (κ3) is 1.59. The summed E-state index contributed by atoms with van der Waals surface area (Å²) in [5.74, 6) is -0.331. The minimum atomic E-state index is -0.810. The third-order valence-electron chi connectivity index (χ3n) is 2.13. The van der Waals surface area contributed by atoms with Crippen LogP contribution in [0, 0.1) is 0 Å². The molecular weight excluding hydrogens is 160 g/mol. The summed E-state index contributed by atoms with van der Waals surface area (Å²) in [6.45, 7) is 1.72. The molecule has 0 spiro atoms. The molecule has 0 aromatic rings. The van der Waals surface area contributed by atoms with Crippen LogP contribution in [-0.4, -0.2) is 32.1 Å². The van der Waals surface area contributed by atoms with Crippen molar-refractivity contribution in [3.63, 3.8) is 0 Å². The molecule has 0 radical (unpaired) electrons. The second-order valence-corrected chi connectivity index (χ2v) is 3.04. The molecule has 1 heterocycles. The molecule has 70 valence electrons. The van der Waals surface area contributed by atoms with E-state index in [0.717, 1.165) is 6.42 Å². The summed E-state index contributed by atoms with van der Waals surface area (Å²) >= 11 is 0. The van der Waals surface area contributed by atoms with Gasteiger partial charge in [-0.15, -0.1) is 0 Å². The Labute approximate surface area is 71.8 Å². The number of methoxy groups -OCH3 is 2. The Morgan fingerprint density at radius 1 is 1.58 bits per heavy atom. The molecule has 0 saturated carbocycles. The first-order valence-electron chi connectivity index (χ1n) is 3.91. The molecular formula is C8H14O4. The Bertz CT molecular complexity index is 180. The van der Waals surface area contributed by atoms with Crippen LogP contribution in [0.25, 0.3) is 0 Å². The van der Waals surface area contributed by atoms with Gasteiger partial charge in [-0.3, -0.25) is 0 Å². The molecule has 4 nitrogen and oxygen atoms in total. The molecule has 0 amide bonds. The van der Waals surface area contributed by atoms with E-state index in [0.29, 0.717) is 6.42 Å². The summed E-state index contributed by atoms with van der Waals surface area (Å²) in [5.41, 5.74) is -0.810. The Balaban J connectivity index is 2.57. The number of carbonyl (C=O) groups is 1. The molecule has 1 saturated heterocycles. The predicted molar refractivity (Wildman–Crippen MR) is 41.5 cm³/mol. The van der Waals surface area contributed by atoms with Crippen LogP contribution in [0.2, 0.25) is 0 Å². The Kier molecular flexibility index (Phi) is 2.69. The van der Waals surface area contributed by atoms with Crippen LogP contribution in [0.5, 0.6) is 0 Å². The van der Waals surface area contributed by atoms with Crippen LogP contribution >= 0.6 is 0 Å². The van der Waals surface area contributed by atoms with E-state index >= 15 is 0 Å². The standard InChI is InChI=1S/C8H14O4/c1-8(7(9)11-3)5-4-6(10-2)12-8/h6H,4-5H2,1-3H3/t6?,8-/m0/s1. The van der Waals surface area contributed by atoms with Crippen molar-refractivity contribution >= 4 is 5.97 Å². The normalized spacial score (nSPS) is 35.1. The largest absolute Gasteiger partial charge is 0.467 e. The first-order chi connectivity index (χ1) is 5.62. The summed E-state index contributed by atoms with van der Waals surface area (Å²) in [6.07, 6.45) is 1.12. The zero-order valence-corrected chi connectivity index (χ0v) is 7.62. The maximum atomic E-state index is 11.2. The number of ether oxygens (including phenoxy) is 3. The minimum Gasteiger partial charge on any atom is -0.467 e. The Morgan fingerprint density at radius 2 is 2.25 bits per heavy atom. The summed E-state index contributed by atoms with van der Waals surface area (Å²) in [4.78, 5) is 11.2. The molecule has 1 aliphatic heterocycles. The zero-order valence-electron chi connectivity index (χ0n) is 7.62. The van der Waals surface area contributed by atoms with Crippen molar-refractivity contribution in [2.24, 2.45) is 0 Å². The van der Waals surface area contributed by atoms with Gasteiger partial charge in [-0.1, -0.05) is 0 Å². The molecule has 1 rings (SSSR count). The van der Waals surface area contributed by atoms with E-state index in [1.54, 1.807) is 14.0 Å². The van der Waals surface area contributed by atoms with E-state index in [1.807, 2.05) is 0 Å². The lowest BCUT2D eigenvalue weighted by molar-refractivity contribution is -0.186. The smallest absolute Gasteiger partial charge is 0.337 e. The molecule has 1 unspecified atom stereocenters. The average molecular weight is 174 g/mol. The lowest BCUT2D eigenvalue weighted by Crippen LogP contribution is -2.36. The van der Waals surface area contributed by atoms with Gasteiger partial charge in [0, 0.05) is 13.5 Å². The van der Waals surface area contributed by atoms with E-state index in [2.05, 4.69) is 4.74 Å². The van der Waals surface area contributed by atoms with Gasteiger partial charge in [0.15, 0.2) is 11.9 Å². The molecule has 0 aromatic heterocycles. The maximum Gasteiger partial charge on any atom is 0.337 e. The van der Waals surface area contributed by atoms with Gasteiger partial charge in [0.2, 0.25) is 0 Å². The van der Waals surface area contributed by atoms with Gasteiger partial charge in [0.25, 0.3) is 0 Å². The van der Waals surface area contributed by atoms with Crippen molar-refractivity contribution < 1.29 is 19.0 Å². The van der Waals surface area contributed by atoms with E-state index < -0.39 is 5.60 Å². The number of hydrogen-bond acceptors (Lipinski definition) is 4. The molecule has 0 aliphatic carbocycles. The SMILES string of the molecule is COC(=O)[C@]1(C)CCC(OC)O1. The third-order valence-corrected chi connectivity index (χ3v) is 2.13. The highest BCUT2D eigenvalue weighted by Gasteiger charge is 2.43. The first kappa shape index (κ1) is 9.48. The first-order valence-corrected chi connectivity index (χ1v) is 3.91. The van der Waals surface area contributed by atoms with Crippen LogP contribution in [0.3, 0.4) is 0 Å². The van der Waals surface area contributed by atoms with Crippen molar-refractivity contribution in [3.05, 3.63) is 0 Å². The lowest BCUT2D eigenvalue weighted by atomic mass is 10.0. The van der Waals surface area contributed by atoms with Crippen LogP contribution in [-0.2, 0) is 19.0 Å². The highest BCUT2D eigenvalue weighted by Crippen LogP contribution is 2.31. The van der Waals surface area contributed by atoms with Gasteiger partial charge in [0.05, 0.1) is 7.11 Å². The molecule has 12 heavy (non-hydrogen) atoms. The van der Waals surface area contributed by atoms with Gasteiger partial charge in [-0.2, -0.15) is 0 Å². The minimum absolute atomic E-state index is 0.269. The lowest BCUT2D eigenvalue weighted by Gasteiger charge is -2.20. The molecule has 4 heteroatoms. The predicted octanol–water partition coefficient (Wildman–Crippen LogP) is 0.701. The summed E-state index contributed by atoms with van der Waals surface area (Å²) in [7, 11) is 2.92. The molecule has 0 bridgehead atoms. The van der Waals surface area contributed by atoms with Crippen LogP contribution in [0.4, 0.5) is 0 Å². The summed E-state index contributed by atoms with van der Waals surface area (Å²) < 4.78 is 14.9. The second kappa shape index (κ2) is 3.41. The molecule has 1 aliphatic rings. The molecule has 1 fully saturated rings. The van der Waals surface area contributed by atoms with Gasteiger partial charge in [-0.05, 0) is 13.3 Å². The van der Waals surface area contributed by atoms with Crippen molar-refractivity contribution in [2.45, 2.75) is 31.7 Å². The molecule has 0 aromatic carbocycles. The van der Waals surface area contributed by atoms with Gasteiger partial charge < -0.3 is 14.2 Å². The fraction of sp³-hybridized carbons (Fsp3) is 0.875. The van der Waals surface area contributed by atoms with Crippen molar-refractivity contribution in [3.8, 4) is 0 Å². The Hall–Kier alpha value is -0.610. The zero-order chi connectivity index (χ0) is 9.19. The van der Waals surface area contributed by atoms with Crippen LogP contribution in [0.1, 0.15) is 19.8 Å². The van der Waals surface area contributed by atoms with Gasteiger partial charge >= 0.3 is 5.97 Å². The number of carbonyl (C=O) groups excluding carboxylic acids is 1. The van der Waals surface area contributed by atoms with Gasteiger partial charge in [0.1, 0.15) is 0 Å². The number of hydrogen-bond donors (Lipinski definition) is 0. The molecule has 0 N–H and O–H groups in total. The summed E-state index contributed by atoms with van der Waals surface area (Å²) in [6, 6.07) is 0. The van der Waals surface area contributed by atoms with Crippen molar-refractivity contribution in [1.29, 1.82) is 0 Å². The fourth-order valence-corrected chi connectivity index (χ4v) is 1.33. The van der Waals surface area contributed by atoms with Crippen molar-refractivity contribution in [1.82, 2.24) is 0 Å². The monoisotopic (exact) mass is 174 g/mol. The van der Waals surface area contributed by atoms with E-state index in [1.165, 1.54) is 7.11 Å².